The molecule has 0 bridgehead atoms. The standard InChI is InChI=1S/C18H26N2O2/c1-13(15-6-8-17(22-3)9-7-15)11-18(21)20-10-4-5-16(12-20)14(2)19/h6-9,11,14,16H,4-5,10,12,19H2,1-3H3. The molecule has 1 aromatic rings. The highest BCUT2D eigenvalue weighted by Crippen LogP contribution is 2.21. The summed E-state index contributed by atoms with van der Waals surface area (Å²) in [5.74, 6) is 1.31. The molecular formula is C18H26N2O2. The van der Waals surface area contributed by atoms with Crippen molar-refractivity contribution in [3.8, 4) is 5.75 Å². The molecule has 0 saturated carbocycles. The van der Waals surface area contributed by atoms with Crippen LogP contribution in [0.4, 0.5) is 0 Å². The third-order valence-electron chi connectivity index (χ3n) is 4.40. The molecule has 1 amide bonds. The number of carbonyl (C=O) groups excluding carboxylic acids is 1. The van der Waals surface area contributed by atoms with Crippen molar-refractivity contribution in [3.63, 3.8) is 0 Å². The number of methoxy groups -OCH3 is 1. The zero-order valence-corrected chi connectivity index (χ0v) is 13.7. The van der Waals surface area contributed by atoms with Crippen molar-refractivity contribution < 1.29 is 9.53 Å². The van der Waals surface area contributed by atoms with E-state index in [4.69, 9.17) is 10.5 Å². The summed E-state index contributed by atoms with van der Waals surface area (Å²) in [5, 5.41) is 0. The number of benzene rings is 1. The number of ether oxygens (including phenoxy) is 1. The molecule has 1 aromatic carbocycles. The normalized spacial score (nSPS) is 20.6. The molecule has 1 fully saturated rings. The van der Waals surface area contributed by atoms with Crippen molar-refractivity contribution in [1.29, 1.82) is 0 Å². The van der Waals surface area contributed by atoms with Crippen LogP contribution in [0, 0.1) is 5.92 Å². The zero-order chi connectivity index (χ0) is 16.1. The highest BCUT2D eigenvalue weighted by molar-refractivity contribution is 5.95. The van der Waals surface area contributed by atoms with E-state index in [-0.39, 0.29) is 11.9 Å². The first-order valence-corrected chi connectivity index (χ1v) is 7.88. The van der Waals surface area contributed by atoms with Gasteiger partial charge < -0.3 is 15.4 Å². The molecule has 2 atom stereocenters. The highest BCUT2D eigenvalue weighted by Gasteiger charge is 2.24. The summed E-state index contributed by atoms with van der Waals surface area (Å²) in [6, 6.07) is 7.90. The number of hydrogen-bond acceptors (Lipinski definition) is 3. The highest BCUT2D eigenvalue weighted by atomic mass is 16.5. The van der Waals surface area contributed by atoms with Gasteiger partial charge in [-0.1, -0.05) is 12.1 Å². The molecule has 0 spiro atoms. The summed E-state index contributed by atoms with van der Waals surface area (Å²) < 4.78 is 5.15. The Balaban J connectivity index is 2.05. The van der Waals surface area contributed by atoms with Crippen LogP contribution in [0.25, 0.3) is 5.57 Å². The molecule has 2 rings (SSSR count). The Bertz CT molecular complexity index is 535. The third kappa shape index (κ3) is 4.10. The molecule has 1 heterocycles. The minimum Gasteiger partial charge on any atom is -0.497 e. The van der Waals surface area contributed by atoms with E-state index < -0.39 is 0 Å². The lowest BCUT2D eigenvalue weighted by molar-refractivity contribution is -0.127. The van der Waals surface area contributed by atoms with Gasteiger partial charge in [0.1, 0.15) is 5.75 Å². The van der Waals surface area contributed by atoms with Crippen LogP contribution in [0.3, 0.4) is 0 Å². The van der Waals surface area contributed by atoms with Crippen LogP contribution < -0.4 is 10.5 Å². The number of amides is 1. The minimum atomic E-state index is 0.0821. The van der Waals surface area contributed by atoms with Crippen molar-refractivity contribution in [2.24, 2.45) is 11.7 Å². The van der Waals surface area contributed by atoms with Crippen LogP contribution >= 0.6 is 0 Å². The summed E-state index contributed by atoms with van der Waals surface area (Å²) in [6.45, 7) is 5.58. The lowest BCUT2D eigenvalue weighted by atomic mass is 9.92. The summed E-state index contributed by atoms with van der Waals surface area (Å²) in [5.41, 5.74) is 7.99. The molecule has 120 valence electrons. The van der Waals surface area contributed by atoms with Crippen molar-refractivity contribution in [1.82, 2.24) is 4.90 Å². The van der Waals surface area contributed by atoms with Crippen LogP contribution in [0.2, 0.25) is 0 Å². The van der Waals surface area contributed by atoms with E-state index in [0.29, 0.717) is 5.92 Å². The Kier molecular flexibility index (Phi) is 5.61. The number of nitrogens with zero attached hydrogens (tertiary/aromatic N) is 1. The molecule has 4 nitrogen and oxygen atoms in total. The first-order valence-electron chi connectivity index (χ1n) is 7.88. The van der Waals surface area contributed by atoms with Gasteiger partial charge in [0.05, 0.1) is 7.11 Å². The van der Waals surface area contributed by atoms with E-state index >= 15 is 0 Å². The molecule has 2 unspecified atom stereocenters. The number of carbonyl (C=O) groups is 1. The number of nitrogens with two attached hydrogens (primary N) is 1. The molecule has 4 heteroatoms. The number of rotatable bonds is 4. The van der Waals surface area contributed by atoms with Crippen molar-refractivity contribution in [2.75, 3.05) is 20.2 Å². The van der Waals surface area contributed by atoms with Gasteiger partial charge in [0.25, 0.3) is 0 Å². The molecule has 1 aliphatic heterocycles. The van der Waals surface area contributed by atoms with Gasteiger partial charge in [-0.25, -0.2) is 0 Å². The van der Waals surface area contributed by atoms with Crippen LogP contribution in [-0.4, -0.2) is 37.0 Å². The predicted molar refractivity (Wildman–Crippen MR) is 89.6 cm³/mol. The fraction of sp³-hybridized carbons (Fsp3) is 0.500. The van der Waals surface area contributed by atoms with Gasteiger partial charge in [-0.05, 0) is 55.9 Å². The summed E-state index contributed by atoms with van der Waals surface area (Å²) in [4.78, 5) is 14.4. The van der Waals surface area contributed by atoms with Crippen LogP contribution in [0.15, 0.2) is 30.3 Å². The SMILES string of the molecule is COc1ccc(C(C)=CC(=O)N2CCCC(C(C)N)C2)cc1. The quantitative estimate of drug-likeness (QED) is 0.870. The summed E-state index contributed by atoms with van der Waals surface area (Å²) in [7, 11) is 1.65. The number of hydrogen-bond donors (Lipinski definition) is 1. The molecular weight excluding hydrogens is 276 g/mol. The molecule has 1 aliphatic rings. The third-order valence-corrected chi connectivity index (χ3v) is 4.40. The maximum absolute atomic E-state index is 12.5. The van der Waals surface area contributed by atoms with Crippen LogP contribution in [0.5, 0.6) is 5.75 Å². The van der Waals surface area contributed by atoms with Gasteiger partial charge in [-0.2, -0.15) is 0 Å². The van der Waals surface area contributed by atoms with Crippen LogP contribution in [-0.2, 0) is 4.79 Å². The Morgan fingerprint density at radius 1 is 1.41 bits per heavy atom. The van der Waals surface area contributed by atoms with E-state index in [1.807, 2.05) is 43.0 Å². The number of piperidine rings is 1. The van der Waals surface area contributed by atoms with Gasteiger partial charge >= 0.3 is 0 Å². The van der Waals surface area contributed by atoms with E-state index in [2.05, 4.69) is 0 Å². The molecule has 0 radical (unpaired) electrons. The number of allylic oxidation sites excluding steroid dienone is 1. The predicted octanol–water partition coefficient (Wildman–Crippen LogP) is 2.68. The van der Waals surface area contributed by atoms with E-state index in [1.165, 1.54) is 0 Å². The van der Waals surface area contributed by atoms with Crippen LogP contribution in [0.1, 0.15) is 32.3 Å². The van der Waals surface area contributed by atoms with Crippen molar-refractivity contribution in [3.05, 3.63) is 35.9 Å². The fourth-order valence-electron chi connectivity index (χ4n) is 2.85. The molecule has 1 saturated heterocycles. The second-order valence-electron chi connectivity index (χ2n) is 6.10. The average Bonchev–Trinajstić information content (AvgIpc) is 2.54. The van der Waals surface area contributed by atoms with Gasteiger partial charge in [0, 0.05) is 25.2 Å². The summed E-state index contributed by atoms with van der Waals surface area (Å²) in [6.07, 6.45) is 3.88. The second kappa shape index (κ2) is 7.45. The Labute approximate surface area is 132 Å². The number of likely N-dealkylation sites (tertiary alicyclic amines) is 1. The second-order valence-corrected chi connectivity index (χ2v) is 6.10. The van der Waals surface area contributed by atoms with Crippen molar-refractivity contribution >= 4 is 11.5 Å². The van der Waals surface area contributed by atoms with Gasteiger partial charge in [0.15, 0.2) is 0 Å². The Morgan fingerprint density at radius 3 is 2.68 bits per heavy atom. The van der Waals surface area contributed by atoms with E-state index in [9.17, 15) is 4.79 Å². The first-order chi connectivity index (χ1) is 10.5. The molecule has 0 aromatic heterocycles. The topological polar surface area (TPSA) is 55.6 Å². The largest absolute Gasteiger partial charge is 0.497 e. The van der Waals surface area contributed by atoms with E-state index in [0.717, 1.165) is 42.8 Å². The fourth-order valence-corrected chi connectivity index (χ4v) is 2.85. The lowest BCUT2D eigenvalue weighted by Crippen LogP contribution is -2.44. The first kappa shape index (κ1) is 16.6. The van der Waals surface area contributed by atoms with E-state index in [1.54, 1.807) is 13.2 Å². The Hall–Kier alpha value is -1.81. The summed E-state index contributed by atoms with van der Waals surface area (Å²) >= 11 is 0. The maximum atomic E-state index is 12.5. The molecule has 22 heavy (non-hydrogen) atoms. The molecule has 0 aliphatic carbocycles. The Morgan fingerprint density at radius 2 is 2.09 bits per heavy atom. The van der Waals surface area contributed by atoms with Crippen molar-refractivity contribution in [2.45, 2.75) is 32.7 Å². The minimum absolute atomic E-state index is 0.0821. The zero-order valence-electron chi connectivity index (χ0n) is 13.7. The average molecular weight is 302 g/mol. The molecule has 2 N–H and O–H groups in total. The lowest BCUT2D eigenvalue weighted by Gasteiger charge is -2.34. The monoisotopic (exact) mass is 302 g/mol. The van der Waals surface area contributed by atoms with Gasteiger partial charge in [-0.3, -0.25) is 4.79 Å². The smallest absolute Gasteiger partial charge is 0.246 e. The van der Waals surface area contributed by atoms with Gasteiger partial charge in [-0.15, -0.1) is 0 Å². The maximum Gasteiger partial charge on any atom is 0.246 e. The van der Waals surface area contributed by atoms with Gasteiger partial charge in [0.2, 0.25) is 5.91 Å².